The number of anilines is 2. The van der Waals surface area contributed by atoms with Gasteiger partial charge < -0.3 is 15.4 Å². The van der Waals surface area contributed by atoms with Crippen LogP contribution in [0.3, 0.4) is 0 Å². The summed E-state index contributed by atoms with van der Waals surface area (Å²) in [7, 11) is 1.68. The van der Waals surface area contributed by atoms with E-state index in [1.54, 1.807) is 13.4 Å². The third kappa shape index (κ3) is 6.15. The molecule has 3 rings (SSSR count). The quantitative estimate of drug-likeness (QED) is 0.572. The Balaban J connectivity index is 1.46. The number of halogens is 1. The standard InChI is InChI=1S/C21H23ClN4O/c1-27-19-4-2-3-17(13-19)10-12-24-21-14-20(25-15-26-21)23-11-9-16-5-7-18(22)8-6-16/h2-8,13-15H,9-12H2,1H3,(H2,23,24,25,26). The van der Waals surface area contributed by atoms with Crippen LogP contribution in [0.4, 0.5) is 11.6 Å². The Morgan fingerprint density at radius 3 is 2.19 bits per heavy atom. The van der Waals surface area contributed by atoms with Crippen molar-refractivity contribution in [3.63, 3.8) is 0 Å². The first-order valence-electron chi connectivity index (χ1n) is 8.90. The maximum atomic E-state index is 5.91. The Kier molecular flexibility index (Phi) is 6.88. The average molecular weight is 383 g/mol. The Morgan fingerprint density at radius 2 is 1.52 bits per heavy atom. The highest BCUT2D eigenvalue weighted by Gasteiger charge is 2.01. The second kappa shape index (κ2) is 9.78. The molecule has 0 unspecified atom stereocenters. The fraction of sp³-hybridized carbons (Fsp3) is 0.238. The molecule has 0 saturated heterocycles. The van der Waals surface area contributed by atoms with Gasteiger partial charge in [0, 0.05) is 24.2 Å². The van der Waals surface area contributed by atoms with Crippen molar-refractivity contribution in [2.45, 2.75) is 12.8 Å². The first kappa shape index (κ1) is 19.0. The molecule has 0 aliphatic heterocycles. The van der Waals surface area contributed by atoms with Crippen molar-refractivity contribution in [2.75, 3.05) is 30.8 Å². The molecule has 2 N–H and O–H groups in total. The molecule has 3 aromatic rings. The lowest BCUT2D eigenvalue weighted by Crippen LogP contribution is -2.09. The van der Waals surface area contributed by atoms with Crippen LogP contribution in [0.5, 0.6) is 5.75 Å². The number of nitrogens with one attached hydrogen (secondary N) is 2. The molecule has 5 nitrogen and oxygen atoms in total. The summed E-state index contributed by atoms with van der Waals surface area (Å²) in [6.07, 6.45) is 3.36. The SMILES string of the molecule is COc1cccc(CCNc2cc(NCCc3ccc(Cl)cc3)ncn2)c1. The summed E-state index contributed by atoms with van der Waals surface area (Å²) in [5.74, 6) is 2.49. The van der Waals surface area contributed by atoms with Gasteiger partial charge in [-0.1, -0.05) is 35.9 Å². The molecule has 1 heterocycles. The molecule has 0 aliphatic rings. The van der Waals surface area contributed by atoms with Crippen LogP contribution in [0.1, 0.15) is 11.1 Å². The van der Waals surface area contributed by atoms with Crippen LogP contribution in [-0.4, -0.2) is 30.2 Å². The molecular formula is C21H23ClN4O. The first-order chi connectivity index (χ1) is 13.2. The second-order valence-corrected chi connectivity index (χ2v) is 6.56. The van der Waals surface area contributed by atoms with E-state index in [1.807, 2.05) is 48.5 Å². The Bertz CT molecular complexity index is 855. The van der Waals surface area contributed by atoms with E-state index in [-0.39, 0.29) is 0 Å². The van der Waals surface area contributed by atoms with Gasteiger partial charge in [-0.15, -0.1) is 0 Å². The predicted molar refractivity (Wildman–Crippen MR) is 111 cm³/mol. The summed E-state index contributed by atoms with van der Waals surface area (Å²) in [6.45, 7) is 1.58. The van der Waals surface area contributed by atoms with E-state index in [0.717, 1.165) is 48.3 Å². The van der Waals surface area contributed by atoms with Crippen molar-refractivity contribution >= 4 is 23.2 Å². The van der Waals surface area contributed by atoms with Crippen molar-refractivity contribution in [1.29, 1.82) is 0 Å². The lowest BCUT2D eigenvalue weighted by molar-refractivity contribution is 0.414. The molecule has 1 aromatic heterocycles. The molecular weight excluding hydrogens is 360 g/mol. The van der Waals surface area contributed by atoms with Crippen molar-refractivity contribution in [1.82, 2.24) is 9.97 Å². The van der Waals surface area contributed by atoms with Crippen molar-refractivity contribution in [2.24, 2.45) is 0 Å². The molecule has 0 aliphatic carbocycles. The van der Waals surface area contributed by atoms with Gasteiger partial charge in [0.1, 0.15) is 23.7 Å². The molecule has 0 atom stereocenters. The molecule has 0 saturated carbocycles. The molecule has 140 valence electrons. The summed E-state index contributed by atoms with van der Waals surface area (Å²) in [6, 6.07) is 17.9. The van der Waals surface area contributed by atoms with Crippen LogP contribution in [0.2, 0.25) is 5.02 Å². The zero-order valence-corrected chi connectivity index (χ0v) is 16.0. The highest BCUT2D eigenvalue weighted by atomic mass is 35.5. The molecule has 0 amide bonds. The minimum absolute atomic E-state index is 0.757. The predicted octanol–water partition coefficient (Wildman–Crippen LogP) is 4.45. The monoisotopic (exact) mass is 382 g/mol. The summed E-state index contributed by atoms with van der Waals surface area (Å²) < 4.78 is 5.25. The minimum Gasteiger partial charge on any atom is -0.497 e. The number of benzene rings is 2. The van der Waals surface area contributed by atoms with Gasteiger partial charge in [-0.2, -0.15) is 0 Å². The molecule has 0 fully saturated rings. The lowest BCUT2D eigenvalue weighted by atomic mass is 10.1. The van der Waals surface area contributed by atoms with Crippen molar-refractivity contribution in [3.05, 3.63) is 77.1 Å². The number of methoxy groups -OCH3 is 1. The molecule has 0 spiro atoms. The van der Waals surface area contributed by atoms with Gasteiger partial charge in [-0.05, 0) is 48.2 Å². The third-order valence-electron chi connectivity index (χ3n) is 4.15. The maximum Gasteiger partial charge on any atom is 0.131 e. The summed E-state index contributed by atoms with van der Waals surface area (Å²) >= 11 is 5.91. The summed E-state index contributed by atoms with van der Waals surface area (Å²) in [5, 5.41) is 7.43. The number of hydrogen-bond donors (Lipinski definition) is 2. The zero-order chi connectivity index (χ0) is 18.9. The molecule has 0 bridgehead atoms. The van der Waals surface area contributed by atoms with Gasteiger partial charge in [-0.25, -0.2) is 9.97 Å². The normalized spacial score (nSPS) is 10.4. The fourth-order valence-corrected chi connectivity index (χ4v) is 2.83. The van der Waals surface area contributed by atoms with Crippen molar-refractivity contribution in [3.8, 4) is 5.75 Å². The smallest absolute Gasteiger partial charge is 0.131 e. The minimum atomic E-state index is 0.757. The van der Waals surface area contributed by atoms with Crippen LogP contribution in [0, 0.1) is 0 Å². The number of aromatic nitrogens is 2. The molecule has 6 heteroatoms. The molecule has 0 radical (unpaired) electrons. The van der Waals surface area contributed by atoms with Crippen LogP contribution in [0.15, 0.2) is 60.9 Å². The number of rotatable bonds is 9. The van der Waals surface area contributed by atoms with E-state index >= 15 is 0 Å². The average Bonchev–Trinajstić information content (AvgIpc) is 2.70. The lowest BCUT2D eigenvalue weighted by Gasteiger charge is -2.09. The van der Waals surface area contributed by atoms with Gasteiger partial charge in [0.05, 0.1) is 7.11 Å². The topological polar surface area (TPSA) is 59.1 Å². The Morgan fingerprint density at radius 1 is 0.852 bits per heavy atom. The maximum absolute atomic E-state index is 5.91. The van der Waals surface area contributed by atoms with E-state index in [2.05, 4.69) is 26.7 Å². The highest BCUT2D eigenvalue weighted by molar-refractivity contribution is 6.30. The van der Waals surface area contributed by atoms with Gasteiger partial charge in [0.25, 0.3) is 0 Å². The Hall–Kier alpha value is -2.79. The first-order valence-corrected chi connectivity index (χ1v) is 9.28. The van der Waals surface area contributed by atoms with E-state index in [0.29, 0.717) is 0 Å². The van der Waals surface area contributed by atoms with Gasteiger partial charge in [0.2, 0.25) is 0 Å². The largest absolute Gasteiger partial charge is 0.497 e. The van der Waals surface area contributed by atoms with E-state index in [4.69, 9.17) is 16.3 Å². The van der Waals surface area contributed by atoms with Crippen LogP contribution in [0.25, 0.3) is 0 Å². The van der Waals surface area contributed by atoms with Gasteiger partial charge >= 0.3 is 0 Å². The van der Waals surface area contributed by atoms with Crippen LogP contribution < -0.4 is 15.4 Å². The van der Waals surface area contributed by atoms with Crippen LogP contribution in [-0.2, 0) is 12.8 Å². The second-order valence-electron chi connectivity index (χ2n) is 6.12. The summed E-state index contributed by atoms with van der Waals surface area (Å²) in [4.78, 5) is 8.55. The van der Waals surface area contributed by atoms with E-state index < -0.39 is 0 Å². The zero-order valence-electron chi connectivity index (χ0n) is 15.3. The van der Waals surface area contributed by atoms with Crippen LogP contribution >= 0.6 is 11.6 Å². The van der Waals surface area contributed by atoms with Gasteiger partial charge in [-0.3, -0.25) is 0 Å². The Labute approximate surface area is 164 Å². The van der Waals surface area contributed by atoms with E-state index in [1.165, 1.54) is 11.1 Å². The molecule has 27 heavy (non-hydrogen) atoms. The fourth-order valence-electron chi connectivity index (χ4n) is 2.70. The highest BCUT2D eigenvalue weighted by Crippen LogP contribution is 2.14. The number of hydrogen-bond acceptors (Lipinski definition) is 5. The van der Waals surface area contributed by atoms with E-state index in [9.17, 15) is 0 Å². The third-order valence-corrected chi connectivity index (χ3v) is 4.41. The number of ether oxygens (including phenoxy) is 1. The number of nitrogens with zero attached hydrogens (tertiary/aromatic N) is 2. The summed E-state index contributed by atoms with van der Waals surface area (Å²) in [5.41, 5.74) is 2.45. The van der Waals surface area contributed by atoms with Gasteiger partial charge in [0.15, 0.2) is 0 Å². The molecule has 2 aromatic carbocycles. The van der Waals surface area contributed by atoms with Crippen molar-refractivity contribution < 1.29 is 4.74 Å².